The summed E-state index contributed by atoms with van der Waals surface area (Å²) >= 11 is 0.973. The van der Waals surface area contributed by atoms with Crippen LogP contribution in [0.1, 0.15) is 17.7 Å². The van der Waals surface area contributed by atoms with Gasteiger partial charge in [-0.3, -0.25) is 10.1 Å². The number of alkyl halides is 5. The predicted molar refractivity (Wildman–Crippen MR) is 53.6 cm³/mol. The monoisotopic (exact) mass is 368 g/mol. The summed E-state index contributed by atoms with van der Waals surface area (Å²) in [6.07, 6.45) is -8.13. The van der Waals surface area contributed by atoms with Gasteiger partial charge in [0.25, 0.3) is 12.1 Å². The summed E-state index contributed by atoms with van der Waals surface area (Å²) in [4.78, 5) is 12.0. The number of nitrogens with zero attached hydrogens (tertiary/aromatic N) is 2. The second-order valence-electron chi connectivity index (χ2n) is 2.78. The maximum Gasteiger partial charge on any atom is 0.434 e. The van der Waals surface area contributed by atoms with E-state index in [0.717, 1.165) is 22.6 Å². The first kappa shape index (κ1) is 14.0. The molecule has 0 saturated heterocycles. The van der Waals surface area contributed by atoms with Crippen LogP contribution in [-0.4, -0.2) is 9.91 Å². The summed E-state index contributed by atoms with van der Waals surface area (Å²) in [5.41, 5.74) is -3.95. The minimum Gasteiger partial charge on any atom is -0.258 e. The van der Waals surface area contributed by atoms with Gasteiger partial charge in [-0.2, -0.15) is 13.2 Å². The standard InChI is InChI=1S/C7H2F5IN2O2/c8-6(9)3-2(15(16)17)1-14-5(4(3)13)7(10,11)12/h1,6H. The summed E-state index contributed by atoms with van der Waals surface area (Å²) in [6.45, 7) is 0. The molecule has 0 aliphatic rings. The van der Waals surface area contributed by atoms with Crippen LogP contribution < -0.4 is 0 Å². The van der Waals surface area contributed by atoms with Crippen LogP contribution in [0.5, 0.6) is 0 Å². The molecule has 4 nitrogen and oxygen atoms in total. The molecule has 0 aliphatic heterocycles. The molecule has 0 atom stereocenters. The quantitative estimate of drug-likeness (QED) is 0.347. The van der Waals surface area contributed by atoms with Crippen LogP contribution >= 0.6 is 22.6 Å². The van der Waals surface area contributed by atoms with Gasteiger partial charge in [-0.25, -0.2) is 13.8 Å². The van der Waals surface area contributed by atoms with E-state index in [1.165, 1.54) is 0 Å². The Morgan fingerprint density at radius 1 is 1.41 bits per heavy atom. The lowest BCUT2D eigenvalue weighted by atomic mass is 10.2. The maximum atomic E-state index is 12.5. The largest absolute Gasteiger partial charge is 0.434 e. The molecule has 10 heteroatoms. The van der Waals surface area contributed by atoms with Gasteiger partial charge in [0.15, 0.2) is 5.69 Å². The average Bonchev–Trinajstić information content (AvgIpc) is 2.13. The number of hydrogen-bond acceptors (Lipinski definition) is 3. The van der Waals surface area contributed by atoms with Crippen LogP contribution in [0.4, 0.5) is 27.6 Å². The fourth-order valence-corrected chi connectivity index (χ4v) is 2.00. The Morgan fingerprint density at radius 2 is 1.94 bits per heavy atom. The Balaban J connectivity index is 3.55. The normalized spacial score (nSPS) is 11.9. The molecule has 0 N–H and O–H groups in total. The van der Waals surface area contributed by atoms with Crippen molar-refractivity contribution < 1.29 is 26.9 Å². The number of rotatable bonds is 2. The maximum absolute atomic E-state index is 12.5. The van der Waals surface area contributed by atoms with E-state index in [1.807, 2.05) is 0 Å². The van der Waals surface area contributed by atoms with Gasteiger partial charge in [-0.05, 0) is 22.6 Å². The zero-order valence-electron chi connectivity index (χ0n) is 7.63. The summed E-state index contributed by atoms with van der Waals surface area (Å²) in [5.74, 6) is 0. The second-order valence-corrected chi connectivity index (χ2v) is 3.85. The highest BCUT2D eigenvalue weighted by molar-refractivity contribution is 14.1. The molecule has 1 heterocycles. The van der Waals surface area contributed by atoms with E-state index in [9.17, 15) is 32.1 Å². The van der Waals surface area contributed by atoms with Gasteiger partial charge in [0.05, 0.1) is 8.49 Å². The molecule has 0 unspecified atom stereocenters. The SMILES string of the molecule is O=[N+]([O-])c1cnc(C(F)(F)F)c(I)c1C(F)F. The minimum absolute atomic E-state index is 0.187. The Morgan fingerprint density at radius 3 is 2.29 bits per heavy atom. The van der Waals surface area contributed by atoms with E-state index < -0.39 is 38.0 Å². The number of pyridine rings is 1. The zero-order chi connectivity index (χ0) is 13.4. The van der Waals surface area contributed by atoms with Gasteiger partial charge in [0.1, 0.15) is 11.8 Å². The Labute approximate surface area is 104 Å². The summed E-state index contributed by atoms with van der Waals surface area (Å²) in [5, 5.41) is 10.4. The molecule has 1 rings (SSSR count). The molecule has 94 valence electrons. The van der Waals surface area contributed by atoms with Crippen molar-refractivity contribution in [2.45, 2.75) is 12.6 Å². The van der Waals surface area contributed by atoms with Crippen LogP contribution in [0.25, 0.3) is 0 Å². The third kappa shape index (κ3) is 2.79. The van der Waals surface area contributed by atoms with Gasteiger partial charge < -0.3 is 0 Å². The highest BCUT2D eigenvalue weighted by Gasteiger charge is 2.39. The number of nitro groups is 1. The van der Waals surface area contributed by atoms with Crippen molar-refractivity contribution in [2.24, 2.45) is 0 Å². The van der Waals surface area contributed by atoms with Crippen molar-refractivity contribution in [1.29, 1.82) is 0 Å². The first-order valence-electron chi connectivity index (χ1n) is 3.84. The lowest BCUT2D eigenvalue weighted by Gasteiger charge is -2.11. The third-order valence-electron chi connectivity index (χ3n) is 1.72. The van der Waals surface area contributed by atoms with Crippen molar-refractivity contribution in [1.82, 2.24) is 4.98 Å². The fraction of sp³-hybridized carbons (Fsp3) is 0.286. The molecule has 0 amide bonds. The zero-order valence-corrected chi connectivity index (χ0v) is 9.79. The Kier molecular flexibility index (Phi) is 3.84. The van der Waals surface area contributed by atoms with E-state index in [0.29, 0.717) is 0 Å². The van der Waals surface area contributed by atoms with Gasteiger partial charge in [-0.15, -0.1) is 0 Å². The third-order valence-corrected chi connectivity index (χ3v) is 2.81. The van der Waals surface area contributed by atoms with Crippen LogP contribution in [-0.2, 0) is 6.18 Å². The molecule has 0 saturated carbocycles. The molecule has 1 aromatic heterocycles. The first-order valence-corrected chi connectivity index (χ1v) is 4.92. The Hall–Kier alpha value is -1.07. The number of hydrogen-bond donors (Lipinski definition) is 0. The predicted octanol–water partition coefficient (Wildman–Crippen LogP) is 3.55. The fourth-order valence-electron chi connectivity index (χ4n) is 1.04. The van der Waals surface area contributed by atoms with Crippen LogP contribution in [0, 0.1) is 13.7 Å². The molecule has 17 heavy (non-hydrogen) atoms. The molecule has 1 aromatic rings. The van der Waals surface area contributed by atoms with E-state index in [4.69, 9.17) is 0 Å². The van der Waals surface area contributed by atoms with E-state index >= 15 is 0 Å². The highest BCUT2D eigenvalue weighted by atomic mass is 127. The topological polar surface area (TPSA) is 56.0 Å². The average molecular weight is 368 g/mol. The van der Waals surface area contributed by atoms with Gasteiger partial charge in [0, 0.05) is 0 Å². The Bertz CT molecular complexity index is 462. The van der Waals surface area contributed by atoms with Gasteiger partial charge in [-0.1, -0.05) is 0 Å². The van der Waals surface area contributed by atoms with Gasteiger partial charge in [0.2, 0.25) is 0 Å². The summed E-state index contributed by atoms with van der Waals surface area (Å²) in [6, 6.07) is 0. The van der Waals surface area contributed by atoms with Crippen LogP contribution in [0.3, 0.4) is 0 Å². The van der Waals surface area contributed by atoms with Crippen molar-refractivity contribution in [3.63, 3.8) is 0 Å². The molecular formula is C7H2F5IN2O2. The van der Waals surface area contributed by atoms with E-state index in [2.05, 4.69) is 4.98 Å². The molecule has 0 aliphatic carbocycles. The summed E-state index contributed by atoms with van der Waals surface area (Å²) in [7, 11) is 0. The number of aromatic nitrogens is 1. The smallest absolute Gasteiger partial charge is 0.258 e. The molecule has 0 radical (unpaired) electrons. The molecular weight excluding hydrogens is 366 g/mol. The van der Waals surface area contributed by atoms with Crippen molar-refractivity contribution in [3.05, 3.63) is 31.1 Å². The lowest BCUT2D eigenvalue weighted by molar-refractivity contribution is -0.386. The lowest BCUT2D eigenvalue weighted by Crippen LogP contribution is -2.14. The van der Waals surface area contributed by atoms with Crippen LogP contribution in [0.2, 0.25) is 0 Å². The summed E-state index contributed by atoms with van der Waals surface area (Å²) < 4.78 is 61.1. The van der Waals surface area contributed by atoms with Crippen molar-refractivity contribution in [3.8, 4) is 0 Å². The van der Waals surface area contributed by atoms with Gasteiger partial charge >= 0.3 is 6.18 Å². The first-order chi connectivity index (χ1) is 7.66. The van der Waals surface area contributed by atoms with Crippen molar-refractivity contribution >= 4 is 28.3 Å². The molecule has 0 spiro atoms. The van der Waals surface area contributed by atoms with Crippen LogP contribution in [0.15, 0.2) is 6.20 Å². The van der Waals surface area contributed by atoms with E-state index in [-0.39, 0.29) is 6.20 Å². The molecule has 0 aromatic carbocycles. The van der Waals surface area contributed by atoms with Crippen molar-refractivity contribution in [2.75, 3.05) is 0 Å². The minimum atomic E-state index is -4.94. The highest BCUT2D eigenvalue weighted by Crippen LogP contribution is 2.39. The van der Waals surface area contributed by atoms with E-state index in [1.54, 1.807) is 0 Å². The molecule has 0 bridgehead atoms. The molecule has 0 fully saturated rings. The second kappa shape index (κ2) is 4.66. The number of halogens is 6.